The molecule has 0 radical (unpaired) electrons. The van der Waals surface area contributed by atoms with E-state index in [1.807, 2.05) is 4.90 Å². The zero-order valence-electron chi connectivity index (χ0n) is 10.5. The highest BCUT2D eigenvalue weighted by molar-refractivity contribution is 5.23. The number of anilines is 1. The van der Waals surface area contributed by atoms with E-state index in [9.17, 15) is 13.2 Å². The lowest BCUT2D eigenvalue weighted by molar-refractivity contribution is -0.0960. The van der Waals surface area contributed by atoms with E-state index in [4.69, 9.17) is 5.73 Å². The smallest absolute Gasteiger partial charge is 0.382 e. The molecule has 0 atom stereocenters. The van der Waals surface area contributed by atoms with E-state index in [-0.39, 0.29) is 6.42 Å². The molecule has 7 heteroatoms. The molecule has 19 heavy (non-hydrogen) atoms. The largest absolute Gasteiger partial charge is 0.412 e. The first-order valence-electron chi connectivity index (χ1n) is 6.22. The highest BCUT2D eigenvalue weighted by atomic mass is 19.4. The van der Waals surface area contributed by atoms with Crippen LogP contribution in [-0.2, 0) is 6.54 Å². The predicted octanol–water partition coefficient (Wildman–Crippen LogP) is 2.05. The molecular weight excluding hydrogens is 257 g/mol. The summed E-state index contributed by atoms with van der Waals surface area (Å²) >= 11 is 0. The molecule has 0 unspecified atom stereocenters. The highest BCUT2D eigenvalue weighted by Gasteiger charge is 2.34. The van der Waals surface area contributed by atoms with Crippen molar-refractivity contribution < 1.29 is 13.2 Å². The number of aryl methyl sites for hydroxylation is 1. The van der Waals surface area contributed by atoms with Gasteiger partial charge in [-0.25, -0.2) is 0 Å². The normalized spacial score (nSPS) is 17.5. The van der Waals surface area contributed by atoms with Gasteiger partial charge < -0.3 is 5.73 Å². The lowest BCUT2D eigenvalue weighted by Gasteiger charge is -2.26. The Morgan fingerprint density at radius 2 is 2.11 bits per heavy atom. The molecule has 0 aliphatic carbocycles. The maximum atomic E-state index is 12.4. The van der Waals surface area contributed by atoms with Gasteiger partial charge in [-0.2, -0.15) is 18.3 Å². The zero-order valence-corrected chi connectivity index (χ0v) is 10.5. The molecule has 0 amide bonds. The number of halogens is 3. The summed E-state index contributed by atoms with van der Waals surface area (Å²) in [6.07, 6.45) is -0.157. The molecule has 0 saturated carbocycles. The summed E-state index contributed by atoms with van der Waals surface area (Å²) in [6.45, 7) is 2.33. The maximum Gasteiger partial charge on any atom is 0.412 e. The van der Waals surface area contributed by atoms with Gasteiger partial charge in [-0.05, 0) is 18.9 Å². The monoisotopic (exact) mass is 274 g/mol. The second kappa shape index (κ2) is 5.64. The Hall–Kier alpha value is -1.50. The van der Waals surface area contributed by atoms with Crippen molar-refractivity contribution in [1.82, 2.24) is 14.7 Å². The van der Waals surface area contributed by atoms with Crippen molar-refractivity contribution in [2.45, 2.75) is 25.6 Å². The van der Waals surface area contributed by atoms with E-state index in [1.165, 1.54) is 6.08 Å². The van der Waals surface area contributed by atoms with Crippen LogP contribution in [-0.4, -0.2) is 40.5 Å². The van der Waals surface area contributed by atoms with Crippen LogP contribution in [0.4, 0.5) is 19.0 Å². The van der Waals surface area contributed by atoms with Crippen molar-refractivity contribution in [1.29, 1.82) is 0 Å². The second-order valence-corrected chi connectivity index (χ2v) is 4.63. The molecule has 2 rings (SSSR count). The van der Waals surface area contributed by atoms with E-state index in [2.05, 4.69) is 5.10 Å². The van der Waals surface area contributed by atoms with Crippen molar-refractivity contribution >= 4 is 5.82 Å². The number of nitrogens with two attached hydrogens (primary N) is 1. The lowest BCUT2D eigenvalue weighted by atomic mass is 10.1. The molecular formula is C12H17F3N4. The molecule has 0 aromatic carbocycles. The first kappa shape index (κ1) is 13.9. The zero-order chi connectivity index (χ0) is 13.9. The SMILES string of the molecule is Nc1ccn(CCCN2CC=C(C(F)(F)F)CC2)n1. The van der Waals surface area contributed by atoms with Gasteiger partial charge in [0.1, 0.15) is 5.82 Å². The first-order chi connectivity index (χ1) is 8.95. The summed E-state index contributed by atoms with van der Waals surface area (Å²) in [4.78, 5) is 2.02. The Labute approximate surface area is 109 Å². The molecule has 0 spiro atoms. The number of hydrogen-bond acceptors (Lipinski definition) is 3. The van der Waals surface area contributed by atoms with Crippen molar-refractivity contribution in [2.24, 2.45) is 0 Å². The van der Waals surface area contributed by atoms with Crippen LogP contribution in [0.5, 0.6) is 0 Å². The number of aromatic nitrogens is 2. The van der Waals surface area contributed by atoms with Gasteiger partial charge >= 0.3 is 6.18 Å². The summed E-state index contributed by atoms with van der Waals surface area (Å²) in [5, 5.41) is 4.05. The molecule has 1 aliphatic rings. The van der Waals surface area contributed by atoms with E-state index < -0.39 is 11.7 Å². The van der Waals surface area contributed by atoms with Crippen molar-refractivity contribution in [3.05, 3.63) is 23.9 Å². The Balaban J connectivity index is 1.73. The number of rotatable bonds is 4. The highest BCUT2D eigenvalue weighted by Crippen LogP contribution is 2.30. The van der Waals surface area contributed by atoms with Crippen molar-refractivity contribution in [3.8, 4) is 0 Å². The Bertz CT molecular complexity index is 450. The summed E-state index contributed by atoms with van der Waals surface area (Å²) in [5.41, 5.74) is 5.09. The van der Waals surface area contributed by atoms with Crippen LogP contribution in [0.3, 0.4) is 0 Å². The van der Waals surface area contributed by atoms with E-state index in [1.54, 1.807) is 16.9 Å². The fraction of sp³-hybridized carbons (Fsp3) is 0.583. The van der Waals surface area contributed by atoms with Gasteiger partial charge in [0, 0.05) is 37.9 Å². The van der Waals surface area contributed by atoms with Gasteiger partial charge in [0.25, 0.3) is 0 Å². The minimum Gasteiger partial charge on any atom is -0.382 e. The van der Waals surface area contributed by atoms with E-state index in [0.717, 1.165) is 19.5 Å². The average molecular weight is 274 g/mol. The fourth-order valence-corrected chi connectivity index (χ4v) is 2.13. The van der Waals surface area contributed by atoms with Gasteiger partial charge in [-0.3, -0.25) is 9.58 Å². The number of hydrogen-bond donors (Lipinski definition) is 1. The standard InChI is InChI=1S/C12H17F3N4/c13-12(14,15)10-2-7-18(8-3-10)5-1-6-19-9-4-11(16)17-19/h2,4,9H,1,3,5-8H2,(H2,16,17). The minimum atomic E-state index is -4.17. The van der Waals surface area contributed by atoms with Gasteiger partial charge in [-0.1, -0.05) is 6.08 Å². The Morgan fingerprint density at radius 3 is 2.63 bits per heavy atom. The quantitative estimate of drug-likeness (QED) is 0.855. The number of nitrogens with zero attached hydrogens (tertiary/aromatic N) is 3. The third-order valence-corrected chi connectivity index (χ3v) is 3.18. The molecule has 4 nitrogen and oxygen atoms in total. The third kappa shape index (κ3) is 3.99. The number of alkyl halides is 3. The Morgan fingerprint density at radius 1 is 1.32 bits per heavy atom. The molecule has 2 N–H and O–H groups in total. The van der Waals surface area contributed by atoms with Crippen LogP contribution in [0.1, 0.15) is 12.8 Å². The van der Waals surface area contributed by atoms with Crippen LogP contribution in [0.15, 0.2) is 23.9 Å². The van der Waals surface area contributed by atoms with Crippen LogP contribution in [0.2, 0.25) is 0 Å². The van der Waals surface area contributed by atoms with Crippen LogP contribution in [0, 0.1) is 0 Å². The van der Waals surface area contributed by atoms with Crippen LogP contribution >= 0.6 is 0 Å². The summed E-state index contributed by atoms with van der Waals surface area (Å²) in [5.74, 6) is 0.482. The van der Waals surface area contributed by atoms with Crippen molar-refractivity contribution in [3.63, 3.8) is 0 Å². The molecule has 1 aromatic rings. The lowest BCUT2D eigenvalue weighted by Crippen LogP contribution is -2.33. The average Bonchev–Trinajstić information content (AvgIpc) is 2.75. The third-order valence-electron chi connectivity index (χ3n) is 3.18. The summed E-state index contributed by atoms with van der Waals surface area (Å²) in [7, 11) is 0. The molecule has 0 fully saturated rings. The second-order valence-electron chi connectivity index (χ2n) is 4.63. The molecule has 1 aromatic heterocycles. The Kier molecular flexibility index (Phi) is 4.14. The van der Waals surface area contributed by atoms with Gasteiger partial charge in [0.15, 0.2) is 0 Å². The van der Waals surface area contributed by atoms with Crippen LogP contribution < -0.4 is 5.73 Å². The topological polar surface area (TPSA) is 47.1 Å². The van der Waals surface area contributed by atoms with E-state index >= 15 is 0 Å². The summed E-state index contributed by atoms with van der Waals surface area (Å²) in [6, 6.07) is 1.72. The first-order valence-corrected chi connectivity index (χ1v) is 6.22. The van der Waals surface area contributed by atoms with Gasteiger partial charge in [-0.15, -0.1) is 0 Å². The maximum absolute atomic E-state index is 12.4. The number of nitrogen functional groups attached to an aromatic ring is 1. The molecule has 1 aliphatic heterocycles. The van der Waals surface area contributed by atoms with Crippen LogP contribution in [0.25, 0.3) is 0 Å². The van der Waals surface area contributed by atoms with Gasteiger partial charge in [0.2, 0.25) is 0 Å². The minimum absolute atomic E-state index is 0.0816. The molecule has 2 heterocycles. The fourth-order valence-electron chi connectivity index (χ4n) is 2.13. The molecule has 0 saturated heterocycles. The van der Waals surface area contributed by atoms with E-state index in [0.29, 0.717) is 18.9 Å². The summed E-state index contributed by atoms with van der Waals surface area (Å²) < 4.78 is 39.0. The van der Waals surface area contributed by atoms with Gasteiger partial charge in [0.05, 0.1) is 0 Å². The van der Waals surface area contributed by atoms with Crippen molar-refractivity contribution in [2.75, 3.05) is 25.4 Å². The molecule has 0 bridgehead atoms. The molecule has 106 valence electrons. The predicted molar refractivity (Wildman–Crippen MR) is 66.5 cm³/mol.